The zero-order valence-electron chi connectivity index (χ0n) is 9.55. The number of carbonyl (C=O) groups is 6. The number of hydrogen-bond acceptors (Lipinski definition) is 12. The van der Waals surface area contributed by atoms with Gasteiger partial charge in [-0.15, -0.1) is 0 Å². The molecule has 21 heavy (non-hydrogen) atoms. The van der Waals surface area contributed by atoms with Crippen LogP contribution in [0.4, 0.5) is 0 Å². The van der Waals surface area contributed by atoms with Crippen molar-refractivity contribution in [3.63, 3.8) is 0 Å². The Morgan fingerprint density at radius 1 is 0.667 bits per heavy atom. The van der Waals surface area contributed by atoms with Crippen molar-refractivity contribution in [3.05, 3.63) is 0 Å². The molecule has 0 bridgehead atoms. The Morgan fingerprint density at radius 3 is 1.14 bits per heavy atom. The van der Waals surface area contributed by atoms with Gasteiger partial charge < -0.3 is 5.48 Å². The van der Waals surface area contributed by atoms with Gasteiger partial charge in [-0.2, -0.15) is 0 Å². The summed E-state index contributed by atoms with van der Waals surface area (Å²) in [5.74, 6) is -8.43. The van der Waals surface area contributed by atoms with Crippen LogP contribution in [0, 0.1) is 73.7 Å². The molecule has 0 aromatic heterocycles. The van der Waals surface area contributed by atoms with E-state index < -0.39 is 109 Å². The third-order valence-corrected chi connectivity index (χ3v) is 9.54. The molecule has 13 nitrogen and oxygen atoms in total. The fourth-order valence-electron chi connectivity index (χ4n) is 0.957. The fraction of sp³-hybridized carbons (Fsp3) is 0. The Kier molecular flexibility index (Phi) is 6.78. The molecule has 0 amide bonds. The average Bonchev–Trinajstić information content (AvgIpc) is 2.83. The molecule has 2 aliphatic heterocycles. The zero-order valence-corrected chi connectivity index (χ0v) is 17.0. The van der Waals surface area contributed by atoms with Gasteiger partial charge in [0.05, 0.1) is 0 Å². The maximum absolute atomic E-state index is 11.2. The first-order chi connectivity index (χ1) is 9.36. The second kappa shape index (κ2) is 7.67. The molecule has 0 spiro atoms. The van der Waals surface area contributed by atoms with Gasteiger partial charge in [0.2, 0.25) is 0 Å². The topological polar surface area (TPSA) is 189 Å². The summed E-state index contributed by atoms with van der Waals surface area (Å²) in [6.07, 6.45) is 0. The summed E-state index contributed by atoms with van der Waals surface area (Å²) in [4.78, 5) is 64.9. The molecule has 15 heteroatoms. The molecule has 2 N–H and O–H groups in total. The van der Waals surface area contributed by atoms with Crippen LogP contribution in [0.3, 0.4) is 0 Å². The molecule has 0 radical (unpaired) electrons. The van der Waals surface area contributed by atoms with Crippen LogP contribution in [-0.4, -0.2) is 41.3 Å². The summed E-state index contributed by atoms with van der Waals surface area (Å²) >= 11 is -8.54. The Labute approximate surface area is 147 Å². The molecule has 110 valence electrons. The van der Waals surface area contributed by atoms with Crippen molar-refractivity contribution in [1.82, 2.24) is 0 Å². The summed E-state index contributed by atoms with van der Waals surface area (Å²) < 4.78 is 25.9. The van der Waals surface area contributed by atoms with E-state index in [1.54, 1.807) is 0 Å². The van der Waals surface area contributed by atoms with Gasteiger partial charge in [-0.25, -0.2) is 0 Å². The van der Waals surface area contributed by atoms with E-state index in [0.717, 1.165) is 0 Å². The Balaban J connectivity index is 0.00000220. The van der Waals surface area contributed by atoms with Gasteiger partial charge in [0.25, 0.3) is 0 Å². The van der Waals surface area contributed by atoms with Crippen LogP contribution in [-0.2, 0) is 34.8 Å². The summed E-state index contributed by atoms with van der Waals surface area (Å²) in [5.41, 5.74) is 0. The normalized spacial score (nSPS) is 16.4. The summed E-state index contributed by atoms with van der Waals surface area (Å²) in [7, 11) is 0. The van der Waals surface area contributed by atoms with Crippen molar-refractivity contribution in [1.29, 1.82) is 0 Å². The molecule has 0 atom stereocenters. The minimum absolute atomic E-state index is 0. The van der Waals surface area contributed by atoms with Crippen LogP contribution in [0.5, 0.6) is 0 Å². The van der Waals surface area contributed by atoms with Crippen molar-refractivity contribution in [2.75, 3.05) is 0 Å². The van der Waals surface area contributed by atoms with E-state index in [1.807, 2.05) is 0 Å². The van der Waals surface area contributed by atoms with Crippen molar-refractivity contribution in [3.8, 4) is 0 Å². The number of rotatable bonds is 2. The number of hydrogen-bond donors (Lipinski definition) is 0. The van der Waals surface area contributed by atoms with E-state index in [2.05, 4.69) is 6.05 Å². The monoisotopic (exact) mass is 564 g/mol. The predicted molar refractivity (Wildman–Crippen MR) is 40.2 cm³/mol. The van der Waals surface area contributed by atoms with E-state index in [9.17, 15) is 28.8 Å². The van der Waals surface area contributed by atoms with Crippen LogP contribution in [0.15, 0.2) is 0 Å². The van der Waals surface area contributed by atoms with Gasteiger partial charge >= 0.3 is 144 Å². The van der Waals surface area contributed by atoms with Crippen LogP contribution in [0.2, 0.25) is 0 Å². The molecule has 0 aromatic carbocycles. The van der Waals surface area contributed by atoms with Crippen LogP contribution < -0.4 is 0 Å². The van der Waals surface area contributed by atoms with Gasteiger partial charge in [-0.1, -0.05) is 0 Å². The van der Waals surface area contributed by atoms with E-state index in [0.29, 0.717) is 0 Å². The summed E-state index contributed by atoms with van der Waals surface area (Å²) in [6.45, 7) is 0. The zero-order chi connectivity index (χ0) is 14.9. The van der Waals surface area contributed by atoms with E-state index in [1.165, 1.54) is 0 Å². The molecule has 2 rings (SSSR count). The van der Waals surface area contributed by atoms with Crippen LogP contribution in [0.1, 0.15) is 0 Å². The van der Waals surface area contributed by atoms with Crippen molar-refractivity contribution < 1.29 is 114 Å². The molecule has 2 fully saturated rings. The third-order valence-electron chi connectivity index (χ3n) is 1.72. The van der Waals surface area contributed by atoms with Gasteiger partial charge in [-0.05, 0) is 0 Å². The van der Waals surface area contributed by atoms with Crippen molar-refractivity contribution in [2.24, 2.45) is 0 Å². The molecule has 0 aliphatic carbocycles. The standard InChI is InChI=1S/3C2H2O4.H2O.2Pr/c3*3-1(4)2(5)6;;;/h3*(H,3,4)(H,5,6);1H2;;/q;;;;2*+3/p-6. The van der Waals surface area contributed by atoms with Gasteiger partial charge in [-0.3, -0.25) is 0 Å². The predicted octanol–water partition coefficient (Wildman–Crippen LogP) is -3.82. The number of carbonyl (C=O) groups excluding carboxylic acids is 6. The van der Waals surface area contributed by atoms with Gasteiger partial charge in [0.1, 0.15) is 0 Å². The third kappa shape index (κ3) is 4.74. The van der Waals surface area contributed by atoms with Crippen LogP contribution in [0.25, 0.3) is 0 Å². The molecule has 0 aromatic rings. The Bertz CT molecular complexity index is 459. The first-order valence-corrected chi connectivity index (χ1v) is 13.7. The summed E-state index contributed by atoms with van der Waals surface area (Å²) in [5, 5.41) is 0. The average molecular weight is 564 g/mol. The van der Waals surface area contributed by atoms with Crippen LogP contribution >= 0.6 is 0 Å². The fourth-order valence-corrected chi connectivity index (χ4v) is 7.10. The van der Waals surface area contributed by atoms with E-state index >= 15 is 0 Å². The van der Waals surface area contributed by atoms with E-state index in [4.69, 9.17) is 0 Å². The molecule has 2 heterocycles. The van der Waals surface area contributed by atoms with Crippen molar-refractivity contribution in [2.45, 2.75) is 0 Å². The van der Waals surface area contributed by atoms with Gasteiger partial charge in [0, 0.05) is 0 Å². The summed E-state index contributed by atoms with van der Waals surface area (Å²) in [6, 6.07) is 0. The second-order valence-electron chi connectivity index (χ2n) is 3.01. The second-order valence-corrected chi connectivity index (χ2v) is 11.3. The SMILES string of the molecule is O.O=C1[O][Pr]([O]C(=O)C(=O)[O][Pr]2[O]C(=O)C(=O)[O]2)[O]C1=O. The van der Waals surface area contributed by atoms with Gasteiger partial charge in [0.15, 0.2) is 0 Å². The molecule has 0 unspecified atom stereocenters. The Hall–Kier alpha value is -0.493. The molecule has 0 saturated carbocycles. The molecular weight excluding hydrogens is 562 g/mol. The molecule has 2 aliphatic rings. The molecule has 2 saturated heterocycles. The molecular formula is C6H2O13Pr2. The quantitative estimate of drug-likeness (QED) is 0.298. The maximum atomic E-state index is 11.2. The van der Waals surface area contributed by atoms with Crippen molar-refractivity contribution >= 4 is 35.8 Å². The van der Waals surface area contributed by atoms with E-state index in [-0.39, 0.29) is 5.48 Å². The Morgan fingerprint density at radius 2 is 0.905 bits per heavy atom. The first kappa shape index (κ1) is 18.6. The minimum atomic E-state index is -4.27. The first-order valence-electron chi connectivity index (χ1n) is 4.61.